The van der Waals surface area contributed by atoms with Crippen LogP contribution in [-0.4, -0.2) is 29.3 Å². The van der Waals surface area contributed by atoms with Gasteiger partial charge in [-0.15, -0.1) is 0 Å². The number of carbonyl (C=O) groups is 2. The minimum atomic E-state index is -0.486. The van der Waals surface area contributed by atoms with Crippen molar-refractivity contribution in [3.63, 3.8) is 0 Å². The van der Waals surface area contributed by atoms with Gasteiger partial charge in [-0.2, -0.15) is 0 Å². The van der Waals surface area contributed by atoms with Gasteiger partial charge in [0.05, 0.1) is 0 Å². The van der Waals surface area contributed by atoms with Crippen LogP contribution in [0.5, 0.6) is 0 Å². The Morgan fingerprint density at radius 1 is 1.23 bits per heavy atom. The highest BCUT2D eigenvalue weighted by Crippen LogP contribution is 2.14. The molecule has 1 N–H and O–H groups in total. The molecular formula is C17H25ClN2O2. The maximum absolute atomic E-state index is 12.2. The van der Waals surface area contributed by atoms with Crippen LogP contribution in [-0.2, 0) is 16.1 Å². The lowest BCUT2D eigenvalue weighted by atomic mass is 10.1. The van der Waals surface area contributed by atoms with Crippen molar-refractivity contribution in [1.82, 2.24) is 10.2 Å². The average molecular weight is 325 g/mol. The molecule has 0 fully saturated rings. The molecule has 1 aromatic rings. The van der Waals surface area contributed by atoms with Gasteiger partial charge in [-0.25, -0.2) is 0 Å². The van der Waals surface area contributed by atoms with Crippen molar-refractivity contribution >= 4 is 23.4 Å². The summed E-state index contributed by atoms with van der Waals surface area (Å²) in [5.74, 6) is -0.141. The molecule has 22 heavy (non-hydrogen) atoms. The molecule has 1 aromatic carbocycles. The zero-order valence-electron chi connectivity index (χ0n) is 13.6. The maximum atomic E-state index is 12.2. The number of nitrogens with zero attached hydrogens (tertiary/aromatic N) is 1. The minimum absolute atomic E-state index is 0.0342. The summed E-state index contributed by atoms with van der Waals surface area (Å²) < 4.78 is 0. The summed E-state index contributed by atoms with van der Waals surface area (Å²) in [5, 5.41) is 3.54. The van der Waals surface area contributed by atoms with Crippen LogP contribution >= 0.6 is 11.6 Å². The van der Waals surface area contributed by atoms with Gasteiger partial charge in [0, 0.05) is 24.5 Å². The normalized spacial score (nSPS) is 11.8. The molecule has 4 nitrogen and oxygen atoms in total. The average Bonchev–Trinajstić information content (AvgIpc) is 2.53. The van der Waals surface area contributed by atoms with Crippen LogP contribution in [0.1, 0.15) is 45.6 Å². The van der Waals surface area contributed by atoms with E-state index < -0.39 is 6.04 Å². The molecule has 0 aliphatic heterocycles. The predicted molar refractivity (Wildman–Crippen MR) is 89.7 cm³/mol. The smallest absolute Gasteiger partial charge is 0.242 e. The standard InChI is InChI=1S/C17H25ClN2O2/c1-4-6-11-19-17(22)13(3)20(16(21)5-2)12-14-7-9-15(18)10-8-14/h7-10,13H,4-6,11-12H2,1-3H3,(H,19,22)/t13-/m0/s1. The summed E-state index contributed by atoms with van der Waals surface area (Å²) in [5.41, 5.74) is 0.958. The first kappa shape index (κ1) is 18.5. The molecule has 0 heterocycles. The summed E-state index contributed by atoms with van der Waals surface area (Å²) in [6, 6.07) is 6.84. The zero-order valence-corrected chi connectivity index (χ0v) is 14.3. The third-order valence-electron chi connectivity index (χ3n) is 3.57. The molecule has 0 saturated heterocycles. The molecule has 0 spiro atoms. The monoisotopic (exact) mass is 324 g/mol. The Morgan fingerprint density at radius 2 is 1.86 bits per heavy atom. The number of rotatable bonds is 8. The molecule has 122 valence electrons. The number of carbonyl (C=O) groups excluding carboxylic acids is 2. The minimum Gasteiger partial charge on any atom is -0.354 e. The zero-order chi connectivity index (χ0) is 16.5. The van der Waals surface area contributed by atoms with Gasteiger partial charge >= 0.3 is 0 Å². The van der Waals surface area contributed by atoms with Crippen LogP contribution in [0.3, 0.4) is 0 Å². The van der Waals surface area contributed by atoms with Crippen molar-refractivity contribution in [2.75, 3.05) is 6.54 Å². The van der Waals surface area contributed by atoms with E-state index in [9.17, 15) is 9.59 Å². The Morgan fingerprint density at radius 3 is 2.41 bits per heavy atom. The van der Waals surface area contributed by atoms with E-state index in [0.29, 0.717) is 24.5 Å². The molecule has 2 amide bonds. The van der Waals surface area contributed by atoms with Crippen molar-refractivity contribution in [2.45, 2.75) is 52.6 Å². The second-order valence-electron chi connectivity index (χ2n) is 5.32. The third kappa shape index (κ3) is 5.68. The third-order valence-corrected chi connectivity index (χ3v) is 3.82. The van der Waals surface area contributed by atoms with Crippen molar-refractivity contribution in [3.05, 3.63) is 34.9 Å². The number of halogens is 1. The number of hydrogen-bond donors (Lipinski definition) is 1. The van der Waals surface area contributed by atoms with E-state index in [-0.39, 0.29) is 11.8 Å². The fourth-order valence-electron chi connectivity index (χ4n) is 2.11. The van der Waals surface area contributed by atoms with Crippen molar-refractivity contribution in [1.29, 1.82) is 0 Å². The van der Waals surface area contributed by atoms with Gasteiger partial charge < -0.3 is 10.2 Å². The lowest BCUT2D eigenvalue weighted by molar-refractivity contribution is -0.140. The van der Waals surface area contributed by atoms with Gasteiger partial charge in [-0.05, 0) is 31.0 Å². The van der Waals surface area contributed by atoms with E-state index >= 15 is 0 Å². The number of hydrogen-bond acceptors (Lipinski definition) is 2. The van der Waals surface area contributed by atoms with E-state index in [4.69, 9.17) is 11.6 Å². The Hall–Kier alpha value is -1.55. The lowest BCUT2D eigenvalue weighted by Gasteiger charge is -2.28. The Balaban J connectivity index is 2.76. The highest BCUT2D eigenvalue weighted by atomic mass is 35.5. The van der Waals surface area contributed by atoms with Gasteiger partial charge in [0.15, 0.2) is 0 Å². The molecule has 0 unspecified atom stereocenters. The van der Waals surface area contributed by atoms with E-state index in [0.717, 1.165) is 18.4 Å². The van der Waals surface area contributed by atoms with Crippen LogP contribution in [0.15, 0.2) is 24.3 Å². The topological polar surface area (TPSA) is 49.4 Å². The first-order valence-corrected chi connectivity index (χ1v) is 8.19. The summed E-state index contributed by atoms with van der Waals surface area (Å²) >= 11 is 5.88. The molecule has 1 rings (SSSR count). The summed E-state index contributed by atoms with van der Waals surface area (Å²) in [7, 11) is 0. The molecule has 0 bridgehead atoms. The maximum Gasteiger partial charge on any atom is 0.242 e. The largest absolute Gasteiger partial charge is 0.354 e. The van der Waals surface area contributed by atoms with Crippen LogP contribution in [0.25, 0.3) is 0 Å². The van der Waals surface area contributed by atoms with Crippen LogP contribution < -0.4 is 5.32 Å². The molecular weight excluding hydrogens is 300 g/mol. The molecule has 1 atom stereocenters. The number of amides is 2. The lowest BCUT2D eigenvalue weighted by Crippen LogP contribution is -2.47. The molecule has 0 aliphatic carbocycles. The number of nitrogens with one attached hydrogen (secondary N) is 1. The van der Waals surface area contributed by atoms with E-state index in [1.165, 1.54) is 0 Å². The number of benzene rings is 1. The molecule has 0 saturated carbocycles. The highest BCUT2D eigenvalue weighted by molar-refractivity contribution is 6.30. The Bertz CT molecular complexity index is 488. The highest BCUT2D eigenvalue weighted by Gasteiger charge is 2.24. The second-order valence-corrected chi connectivity index (χ2v) is 5.76. The van der Waals surface area contributed by atoms with Crippen molar-refractivity contribution in [2.24, 2.45) is 0 Å². The Kier molecular flexibility index (Phi) is 7.96. The second kappa shape index (κ2) is 9.46. The molecule has 5 heteroatoms. The quantitative estimate of drug-likeness (QED) is 0.745. The SMILES string of the molecule is CCCCNC(=O)[C@H](C)N(Cc1ccc(Cl)cc1)C(=O)CC. The van der Waals surface area contributed by atoms with Crippen molar-refractivity contribution in [3.8, 4) is 0 Å². The van der Waals surface area contributed by atoms with E-state index in [2.05, 4.69) is 12.2 Å². The molecule has 0 aliphatic rings. The van der Waals surface area contributed by atoms with Gasteiger partial charge in [-0.3, -0.25) is 9.59 Å². The summed E-state index contributed by atoms with van der Waals surface area (Å²) in [6.45, 7) is 6.70. The fourth-order valence-corrected chi connectivity index (χ4v) is 2.23. The van der Waals surface area contributed by atoms with Gasteiger partial charge in [0.2, 0.25) is 11.8 Å². The van der Waals surface area contributed by atoms with Gasteiger partial charge in [0.1, 0.15) is 6.04 Å². The van der Waals surface area contributed by atoms with Gasteiger partial charge in [0.25, 0.3) is 0 Å². The predicted octanol–water partition coefficient (Wildman–Crippen LogP) is 3.38. The summed E-state index contributed by atoms with van der Waals surface area (Å²) in [6.07, 6.45) is 2.34. The van der Waals surface area contributed by atoms with Crippen LogP contribution in [0.2, 0.25) is 5.02 Å². The van der Waals surface area contributed by atoms with Crippen molar-refractivity contribution < 1.29 is 9.59 Å². The Labute approximate surface area is 137 Å². The van der Waals surface area contributed by atoms with E-state index in [1.54, 1.807) is 30.9 Å². The molecule has 0 radical (unpaired) electrons. The first-order valence-electron chi connectivity index (χ1n) is 7.81. The molecule has 0 aromatic heterocycles. The number of unbranched alkanes of at least 4 members (excludes halogenated alkanes) is 1. The van der Waals surface area contributed by atoms with Crippen LogP contribution in [0, 0.1) is 0 Å². The fraction of sp³-hybridized carbons (Fsp3) is 0.529. The summed E-state index contributed by atoms with van der Waals surface area (Å²) in [4.78, 5) is 26.0. The van der Waals surface area contributed by atoms with E-state index in [1.807, 2.05) is 12.1 Å². The van der Waals surface area contributed by atoms with Crippen LogP contribution in [0.4, 0.5) is 0 Å². The van der Waals surface area contributed by atoms with Gasteiger partial charge in [-0.1, -0.05) is 44.0 Å². The first-order chi connectivity index (χ1) is 10.5.